The molecule has 1 fully saturated rings. The van der Waals surface area contributed by atoms with Crippen LogP contribution in [0.25, 0.3) is 0 Å². The molecule has 0 unspecified atom stereocenters. The van der Waals surface area contributed by atoms with Crippen molar-refractivity contribution in [1.82, 2.24) is 10.6 Å². The minimum atomic E-state index is -5.30. The molecule has 1 aliphatic rings. The van der Waals surface area contributed by atoms with E-state index >= 15 is 0 Å². The lowest BCUT2D eigenvalue weighted by Gasteiger charge is -2.29. The fourth-order valence-corrected chi connectivity index (χ4v) is 2.95. The first-order valence-corrected chi connectivity index (χ1v) is 8.73. The maximum absolute atomic E-state index is 13.9. The SMILES string of the molecule is Cc1ccc(N2C(=O)N[C@](NC(=O)c3ccc(Cl)cc3)(C(F)(F)F)C2=O)cc1C. The minimum Gasteiger partial charge on any atom is -0.314 e. The molecule has 3 rings (SSSR count). The van der Waals surface area contributed by atoms with Crippen molar-refractivity contribution in [1.29, 1.82) is 0 Å². The number of urea groups is 1. The van der Waals surface area contributed by atoms with Gasteiger partial charge in [0.1, 0.15) is 0 Å². The van der Waals surface area contributed by atoms with E-state index in [1.807, 2.05) is 0 Å². The van der Waals surface area contributed by atoms with Crippen LogP contribution in [-0.2, 0) is 4.79 Å². The lowest BCUT2D eigenvalue weighted by Crippen LogP contribution is -2.69. The van der Waals surface area contributed by atoms with Crippen molar-refractivity contribution in [3.8, 4) is 0 Å². The first-order valence-electron chi connectivity index (χ1n) is 8.35. The van der Waals surface area contributed by atoms with E-state index in [0.717, 1.165) is 5.56 Å². The van der Waals surface area contributed by atoms with Gasteiger partial charge in [-0.2, -0.15) is 13.2 Å². The molecule has 1 aliphatic heterocycles. The highest BCUT2D eigenvalue weighted by Crippen LogP contribution is 2.36. The molecule has 0 bridgehead atoms. The number of hydrogen-bond acceptors (Lipinski definition) is 3. The lowest BCUT2D eigenvalue weighted by atomic mass is 10.1. The minimum absolute atomic E-state index is 0.0394. The summed E-state index contributed by atoms with van der Waals surface area (Å²) in [4.78, 5) is 37.9. The molecule has 2 aromatic carbocycles. The van der Waals surface area contributed by atoms with Crippen molar-refractivity contribution in [2.75, 3.05) is 4.90 Å². The van der Waals surface area contributed by atoms with Gasteiger partial charge in [0.05, 0.1) is 5.69 Å². The van der Waals surface area contributed by atoms with Crippen molar-refractivity contribution in [2.45, 2.75) is 25.7 Å². The maximum Gasteiger partial charge on any atom is 0.440 e. The molecule has 0 spiro atoms. The van der Waals surface area contributed by atoms with Crippen LogP contribution >= 0.6 is 11.6 Å². The Morgan fingerprint density at radius 3 is 2.24 bits per heavy atom. The number of benzene rings is 2. The number of aryl methyl sites for hydroxylation is 2. The molecule has 0 aromatic heterocycles. The Morgan fingerprint density at radius 1 is 1.07 bits per heavy atom. The van der Waals surface area contributed by atoms with Gasteiger partial charge in [0, 0.05) is 10.6 Å². The van der Waals surface area contributed by atoms with E-state index < -0.39 is 29.7 Å². The summed E-state index contributed by atoms with van der Waals surface area (Å²) in [5, 5.41) is 3.53. The maximum atomic E-state index is 13.9. The second-order valence-corrected chi connectivity index (χ2v) is 6.98. The predicted octanol–water partition coefficient (Wildman–Crippen LogP) is 3.70. The van der Waals surface area contributed by atoms with E-state index in [9.17, 15) is 27.6 Å². The van der Waals surface area contributed by atoms with Crippen LogP contribution in [-0.4, -0.2) is 29.7 Å². The fraction of sp³-hybridized carbons (Fsp3) is 0.211. The zero-order valence-corrected chi connectivity index (χ0v) is 16.0. The van der Waals surface area contributed by atoms with Crippen molar-refractivity contribution < 1.29 is 27.6 Å². The van der Waals surface area contributed by atoms with E-state index in [1.165, 1.54) is 36.4 Å². The number of imide groups is 1. The van der Waals surface area contributed by atoms with Crippen molar-refractivity contribution in [3.05, 3.63) is 64.2 Å². The molecule has 0 radical (unpaired) electrons. The van der Waals surface area contributed by atoms with Crippen LogP contribution < -0.4 is 15.5 Å². The summed E-state index contributed by atoms with van der Waals surface area (Å²) in [6, 6.07) is 8.07. The smallest absolute Gasteiger partial charge is 0.314 e. The molecular formula is C19H15ClF3N3O3. The number of hydrogen-bond donors (Lipinski definition) is 2. The molecule has 1 saturated heterocycles. The Hall–Kier alpha value is -3.07. The van der Waals surface area contributed by atoms with Gasteiger partial charge in [-0.3, -0.25) is 14.9 Å². The average molecular weight is 426 g/mol. The first-order chi connectivity index (χ1) is 13.5. The van der Waals surface area contributed by atoms with Gasteiger partial charge in [-0.15, -0.1) is 0 Å². The number of carbonyl (C=O) groups is 3. The van der Waals surface area contributed by atoms with Gasteiger partial charge < -0.3 is 5.32 Å². The summed E-state index contributed by atoms with van der Waals surface area (Å²) < 4.78 is 41.7. The van der Waals surface area contributed by atoms with Gasteiger partial charge in [0.2, 0.25) is 0 Å². The number of anilines is 1. The molecule has 0 saturated carbocycles. The average Bonchev–Trinajstić information content (AvgIpc) is 2.89. The summed E-state index contributed by atoms with van der Waals surface area (Å²) >= 11 is 5.71. The number of nitrogens with one attached hydrogen (secondary N) is 2. The molecule has 10 heteroatoms. The Morgan fingerprint density at radius 2 is 1.69 bits per heavy atom. The third-order valence-electron chi connectivity index (χ3n) is 4.60. The van der Waals surface area contributed by atoms with Crippen LogP contribution in [0.2, 0.25) is 5.02 Å². The Labute approximate surface area is 168 Å². The van der Waals surface area contributed by atoms with E-state index in [0.29, 0.717) is 10.5 Å². The highest BCUT2D eigenvalue weighted by molar-refractivity contribution is 6.30. The van der Waals surface area contributed by atoms with Crippen molar-refractivity contribution in [2.24, 2.45) is 0 Å². The molecule has 152 valence electrons. The molecular weight excluding hydrogens is 411 g/mol. The molecule has 2 N–H and O–H groups in total. The second-order valence-electron chi connectivity index (χ2n) is 6.55. The number of nitrogens with zero attached hydrogens (tertiary/aromatic N) is 1. The van der Waals surface area contributed by atoms with Crippen molar-refractivity contribution in [3.63, 3.8) is 0 Å². The van der Waals surface area contributed by atoms with Crippen LogP contribution in [0.1, 0.15) is 21.5 Å². The standard InChI is InChI=1S/C19H15ClF3N3O3/c1-10-3-8-14(9-11(10)2)26-16(28)18(19(21,22)23,25-17(26)29)24-15(27)12-4-6-13(20)7-5-12/h3-9H,1-2H3,(H,24,27)(H,25,29)/t18-/m0/s1. The zero-order valence-electron chi connectivity index (χ0n) is 15.2. The first kappa shape index (κ1) is 20.7. The molecule has 0 aliphatic carbocycles. The van der Waals surface area contributed by atoms with Gasteiger partial charge in [-0.1, -0.05) is 17.7 Å². The normalized spacial score (nSPS) is 19.3. The molecule has 2 aromatic rings. The van der Waals surface area contributed by atoms with Gasteiger partial charge in [-0.05, 0) is 61.4 Å². The third-order valence-corrected chi connectivity index (χ3v) is 4.85. The van der Waals surface area contributed by atoms with Gasteiger partial charge in [-0.25, -0.2) is 9.69 Å². The number of halogens is 4. The third kappa shape index (κ3) is 3.53. The number of rotatable bonds is 3. The van der Waals surface area contributed by atoms with E-state index in [2.05, 4.69) is 0 Å². The Bertz CT molecular complexity index is 1010. The summed E-state index contributed by atoms with van der Waals surface area (Å²) in [6.07, 6.45) is -5.30. The van der Waals surface area contributed by atoms with Crippen LogP contribution in [0.5, 0.6) is 0 Å². The number of carbonyl (C=O) groups excluding carboxylic acids is 3. The van der Waals surface area contributed by atoms with Crippen LogP contribution in [0.4, 0.5) is 23.7 Å². The number of amides is 4. The summed E-state index contributed by atoms with van der Waals surface area (Å²) in [5.74, 6) is -2.85. The van der Waals surface area contributed by atoms with Gasteiger partial charge >= 0.3 is 12.2 Å². The van der Waals surface area contributed by atoms with Crippen molar-refractivity contribution >= 4 is 35.1 Å². The molecule has 4 amide bonds. The molecule has 1 heterocycles. The summed E-state index contributed by atoms with van der Waals surface area (Å²) in [6.45, 7) is 3.47. The Kier molecular flexibility index (Phi) is 5.04. The van der Waals surface area contributed by atoms with E-state index in [-0.39, 0.29) is 16.3 Å². The van der Waals surface area contributed by atoms with E-state index in [1.54, 1.807) is 30.5 Å². The second kappa shape index (κ2) is 7.07. The largest absolute Gasteiger partial charge is 0.440 e. The van der Waals surface area contributed by atoms with Crippen LogP contribution in [0.3, 0.4) is 0 Å². The van der Waals surface area contributed by atoms with Crippen LogP contribution in [0.15, 0.2) is 42.5 Å². The molecule has 6 nitrogen and oxygen atoms in total. The topological polar surface area (TPSA) is 78.5 Å². The van der Waals surface area contributed by atoms with Gasteiger partial charge in [0.25, 0.3) is 17.5 Å². The summed E-state index contributed by atoms with van der Waals surface area (Å²) in [5.41, 5.74) is -2.29. The monoisotopic (exact) mass is 425 g/mol. The predicted molar refractivity (Wildman–Crippen MR) is 99.6 cm³/mol. The molecule has 1 atom stereocenters. The zero-order chi connectivity index (χ0) is 21.6. The van der Waals surface area contributed by atoms with E-state index in [4.69, 9.17) is 11.6 Å². The number of alkyl halides is 3. The highest BCUT2D eigenvalue weighted by atomic mass is 35.5. The summed E-state index contributed by atoms with van der Waals surface area (Å²) in [7, 11) is 0. The quantitative estimate of drug-likeness (QED) is 0.736. The van der Waals surface area contributed by atoms with Gasteiger partial charge in [0.15, 0.2) is 0 Å². The lowest BCUT2D eigenvalue weighted by molar-refractivity contribution is -0.197. The Balaban J connectivity index is 2.01. The van der Waals surface area contributed by atoms with Crippen LogP contribution in [0, 0.1) is 13.8 Å². The molecule has 29 heavy (non-hydrogen) atoms. The fourth-order valence-electron chi connectivity index (χ4n) is 2.82. The highest BCUT2D eigenvalue weighted by Gasteiger charge is 2.69.